The van der Waals surface area contributed by atoms with E-state index in [1.807, 2.05) is 5.06 Å². The standard InChI is InChI=1S/C29H54N2O3/c1-27-15-13-24(32)21-23(27)10-11-26-25(27)14-16-28(2)22(12-17-29(26,28)33)9-8-19-31(5)34-20-7-6-18-30(3)4/h22-26,32-33H,6-21H2,1-5H3/t22-,23+,24-,25-,26+,27-,28+,29-/m0/s1. The Bertz CT molecular complexity index is 674. The summed E-state index contributed by atoms with van der Waals surface area (Å²) in [6, 6.07) is 0. The van der Waals surface area contributed by atoms with Gasteiger partial charge in [-0.15, -0.1) is 0 Å². The molecular formula is C29H54N2O3. The first-order valence-electron chi connectivity index (χ1n) is 14.5. The highest BCUT2D eigenvalue weighted by Crippen LogP contribution is 2.69. The molecule has 0 aliphatic heterocycles. The van der Waals surface area contributed by atoms with Gasteiger partial charge in [-0.2, -0.15) is 5.06 Å². The average Bonchev–Trinajstić information content (AvgIpc) is 3.05. The lowest BCUT2D eigenvalue weighted by Gasteiger charge is -2.63. The number of hydrogen-bond donors (Lipinski definition) is 2. The van der Waals surface area contributed by atoms with E-state index in [2.05, 4.69) is 39.9 Å². The second kappa shape index (κ2) is 10.7. The minimum Gasteiger partial charge on any atom is -0.393 e. The molecule has 0 bridgehead atoms. The molecule has 4 saturated carbocycles. The zero-order valence-corrected chi connectivity index (χ0v) is 22.9. The average molecular weight is 479 g/mol. The molecule has 4 rings (SSSR count). The summed E-state index contributed by atoms with van der Waals surface area (Å²) in [4.78, 5) is 8.16. The van der Waals surface area contributed by atoms with Crippen LogP contribution < -0.4 is 0 Å². The molecule has 0 saturated heterocycles. The van der Waals surface area contributed by atoms with Crippen molar-refractivity contribution in [2.45, 2.75) is 109 Å². The fourth-order valence-electron chi connectivity index (χ4n) is 9.15. The summed E-state index contributed by atoms with van der Waals surface area (Å²) in [5.41, 5.74) is -0.0967. The van der Waals surface area contributed by atoms with Crippen molar-refractivity contribution in [3.8, 4) is 0 Å². The van der Waals surface area contributed by atoms with Gasteiger partial charge in [0.1, 0.15) is 0 Å². The maximum absolute atomic E-state index is 12.3. The largest absolute Gasteiger partial charge is 0.393 e. The van der Waals surface area contributed by atoms with Gasteiger partial charge in [0.25, 0.3) is 0 Å². The molecule has 0 unspecified atom stereocenters. The van der Waals surface area contributed by atoms with Gasteiger partial charge in [-0.1, -0.05) is 13.8 Å². The minimum absolute atomic E-state index is 0.0666. The van der Waals surface area contributed by atoms with Gasteiger partial charge in [-0.05, 0) is 139 Å². The van der Waals surface area contributed by atoms with Crippen molar-refractivity contribution in [3.63, 3.8) is 0 Å². The zero-order valence-electron chi connectivity index (χ0n) is 22.9. The number of aliphatic hydroxyl groups is 2. The molecule has 0 spiro atoms. The highest BCUT2D eigenvalue weighted by atomic mass is 16.7. The Morgan fingerprint density at radius 3 is 2.41 bits per heavy atom. The lowest BCUT2D eigenvalue weighted by Crippen LogP contribution is -2.62. The van der Waals surface area contributed by atoms with Gasteiger partial charge >= 0.3 is 0 Å². The van der Waals surface area contributed by atoms with E-state index in [1.165, 1.54) is 44.9 Å². The maximum Gasteiger partial charge on any atom is 0.0734 e. The predicted octanol–water partition coefficient (Wildman–Crippen LogP) is 5.11. The molecule has 0 heterocycles. The van der Waals surface area contributed by atoms with E-state index in [1.54, 1.807) is 0 Å². The molecule has 0 aromatic carbocycles. The number of hydroxylamine groups is 2. The van der Waals surface area contributed by atoms with Gasteiger partial charge in [0, 0.05) is 13.6 Å². The van der Waals surface area contributed by atoms with Gasteiger partial charge in [-0.3, -0.25) is 4.84 Å². The Balaban J connectivity index is 1.29. The number of fused-ring (bicyclic) bond motifs is 5. The molecule has 34 heavy (non-hydrogen) atoms. The topological polar surface area (TPSA) is 56.2 Å². The molecule has 5 heteroatoms. The molecule has 198 valence electrons. The molecule has 0 radical (unpaired) electrons. The van der Waals surface area contributed by atoms with Gasteiger partial charge < -0.3 is 15.1 Å². The Morgan fingerprint density at radius 1 is 0.853 bits per heavy atom. The second-order valence-corrected chi connectivity index (χ2v) is 13.4. The van der Waals surface area contributed by atoms with E-state index in [9.17, 15) is 10.2 Å². The fraction of sp³-hybridized carbons (Fsp3) is 1.00. The molecule has 5 nitrogen and oxygen atoms in total. The van der Waals surface area contributed by atoms with Crippen LogP contribution in [0.15, 0.2) is 0 Å². The summed E-state index contributed by atoms with van der Waals surface area (Å²) in [7, 11) is 6.32. The van der Waals surface area contributed by atoms with E-state index in [0.29, 0.717) is 29.1 Å². The monoisotopic (exact) mass is 478 g/mol. The Morgan fingerprint density at radius 2 is 1.65 bits per heavy atom. The van der Waals surface area contributed by atoms with Crippen molar-refractivity contribution in [1.82, 2.24) is 9.96 Å². The van der Waals surface area contributed by atoms with Crippen molar-refractivity contribution in [3.05, 3.63) is 0 Å². The summed E-state index contributed by atoms with van der Waals surface area (Å²) in [6.07, 6.45) is 14.7. The van der Waals surface area contributed by atoms with E-state index in [4.69, 9.17) is 4.84 Å². The third-order valence-electron chi connectivity index (χ3n) is 11.4. The lowest BCUT2D eigenvalue weighted by atomic mass is 9.43. The van der Waals surface area contributed by atoms with Crippen LogP contribution in [0.25, 0.3) is 0 Å². The van der Waals surface area contributed by atoms with Crippen molar-refractivity contribution < 1.29 is 15.1 Å². The van der Waals surface area contributed by atoms with Crippen LogP contribution in [0, 0.1) is 34.5 Å². The number of hydrogen-bond acceptors (Lipinski definition) is 5. The molecule has 8 atom stereocenters. The SMILES string of the molecule is CN(C)CCCCON(C)CCC[C@H]1CC[C@]2(O)[C@@H]3CC[C@@H]4C[C@@H](O)CC[C@]4(C)[C@H]3CC[C@]12C. The summed E-state index contributed by atoms with van der Waals surface area (Å²) < 4.78 is 0. The first-order chi connectivity index (χ1) is 16.1. The molecule has 4 aliphatic rings. The summed E-state index contributed by atoms with van der Waals surface area (Å²) >= 11 is 0. The van der Waals surface area contributed by atoms with E-state index in [0.717, 1.165) is 58.2 Å². The third-order valence-corrected chi connectivity index (χ3v) is 11.4. The van der Waals surface area contributed by atoms with Crippen LogP contribution in [0.1, 0.15) is 97.3 Å². The summed E-state index contributed by atoms with van der Waals surface area (Å²) in [5.74, 6) is 2.38. The summed E-state index contributed by atoms with van der Waals surface area (Å²) in [6.45, 7) is 7.86. The fourth-order valence-corrected chi connectivity index (χ4v) is 9.15. The predicted molar refractivity (Wildman–Crippen MR) is 138 cm³/mol. The number of rotatable bonds is 10. The van der Waals surface area contributed by atoms with Crippen LogP contribution in [0.4, 0.5) is 0 Å². The van der Waals surface area contributed by atoms with Crippen LogP contribution in [0.3, 0.4) is 0 Å². The molecule has 0 amide bonds. The zero-order chi connectivity index (χ0) is 24.6. The van der Waals surface area contributed by atoms with Crippen LogP contribution in [0.5, 0.6) is 0 Å². The van der Waals surface area contributed by atoms with E-state index in [-0.39, 0.29) is 11.5 Å². The first kappa shape index (κ1) is 26.9. The van der Waals surface area contributed by atoms with E-state index >= 15 is 0 Å². The third kappa shape index (κ3) is 4.98. The van der Waals surface area contributed by atoms with Crippen LogP contribution in [0.2, 0.25) is 0 Å². The Hall–Kier alpha value is -0.200. The molecule has 0 aromatic rings. The number of unbranched alkanes of at least 4 members (excludes halogenated alkanes) is 1. The highest BCUT2D eigenvalue weighted by Gasteiger charge is 2.66. The van der Waals surface area contributed by atoms with Gasteiger partial charge in [0.05, 0.1) is 18.3 Å². The number of aliphatic hydroxyl groups excluding tert-OH is 1. The minimum atomic E-state index is -0.487. The molecule has 4 aliphatic carbocycles. The second-order valence-electron chi connectivity index (χ2n) is 13.4. The van der Waals surface area contributed by atoms with Crippen molar-refractivity contribution in [1.29, 1.82) is 0 Å². The van der Waals surface area contributed by atoms with Crippen LogP contribution in [-0.2, 0) is 4.84 Å². The smallest absolute Gasteiger partial charge is 0.0734 e. The van der Waals surface area contributed by atoms with Crippen molar-refractivity contribution in [2.75, 3.05) is 40.8 Å². The van der Waals surface area contributed by atoms with Crippen LogP contribution in [-0.4, -0.2) is 72.7 Å². The molecule has 2 N–H and O–H groups in total. The normalized spacial score (nSPS) is 44.2. The molecular weight excluding hydrogens is 424 g/mol. The first-order valence-corrected chi connectivity index (χ1v) is 14.5. The highest BCUT2D eigenvalue weighted by molar-refractivity contribution is 5.16. The van der Waals surface area contributed by atoms with Crippen molar-refractivity contribution >= 4 is 0 Å². The number of nitrogens with zero attached hydrogens (tertiary/aromatic N) is 2. The van der Waals surface area contributed by atoms with Crippen molar-refractivity contribution in [2.24, 2.45) is 34.5 Å². The Kier molecular flexibility index (Phi) is 8.41. The lowest BCUT2D eigenvalue weighted by molar-refractivity contribution is -0.210. The Labute approximate surface area is 209 Å². The molecule has 0 aromatic heterocycles. The van der Waals surface area contributed by atoms with E-state index < -0.39 is 5.60 Å². The maximum atomic E-state index is 12.3. The van der Waals surface area contributed by atoms with Crippen LogP contribution >= 0.6 is 0 Å². The quantitative estimate of drug-likeness (QED) is 0.338. The summed E-state index contributed by atoms with van der Waals surface area (Å²) in [5, 5.41) is 24.6. The van der Waals surface area contributed by atoms with Gasteiger partial charge in [0.15, 0.2) is 0 Å². The molecule has 4 fully saturated rings. The van der Waals surface area contributed by atoms with Gasteiger partial charge in [0.2, 0.25) is 0 Å². The van der Waals surface area contributed by atoms with Gasteiger partial charge in [-0.25, -0.2) is 0 Å².